The molecule has 0 aliphatic carbocycles. The summed E-state index contributed by atoms with van der Waals surface area (Å²) in [6.45, 7) is 2.51. The molecule has 0 unspecified atom stereocenters. The first-order chi connectivity index (χ1) is 15.5. The Kier molecular flexibility index (Phi) is 7.23. The minimum Gasteiger partial charge on any atom is -0.493 e. The Morgan fingerprint density at radius 1 is 1.19 bits per heavy atom. The fraction of sp³-hybridized carbons (Fsp3) is 0.182. The van der Waals surface area contributed by atoms with Crippen LogP contribution in [0.1, 0.15) is 6.92 Å². The van der Waals surface area contributed by atoms with E-state index in [2.05, 4.69) is 36.4 Å². The number of anilines is 1. The number of thiazole rings is 1. The monoisotopic (exact) mass is 529 g/mol. The highest BCUT2D eigenvalue weighted by molar-refractivity contribution is 9.10. The van der Waals surface area contributed by atoms with Crippen LogP contribution in [0.25, 0.3) is 22.6 Å². The zero-order valence-electron chi connectivity index (χ0n) is 17.4. The minimum atomic E-state index is -0.147. The van der Waals surface area contributed by atoms with Crippen molar-refractivity contribution in [2.24, 2.45) is 7.05 Å². The number of para-hydroxylation sites is 1. The molecule has 0 aliphatic heterocycles. The van der Waals surface area contributed by atoms with Gasteiger partial charge in [0, 0.05) is 22.5 Å². The molecule has 0 atom stereocenters. The van der Waals surface area contributed by atoms with Crippen LogP contribution in [0.2, 0.25) is 0 Å². The third-order valence-electron chi connectivity index (χ3n) is 4.49. The van der Waals surface area contributed by atoms with Crippen LogP contribution in [0.4, 0.5) is 5.13 Å². The van der Waals surface area contributed by atoms with Gasteiger partial charge in [-0.05, 0) is 31.2 Å². The maximum absolute atomic E-state index is 12.5. The van der Waals surface area contributed by atoms with Gasteiger partial charge in [0.2, 0.25) is 5.91 Å². The Hall–Kier alpha value is -2.69. The smallest absolute Gasteiger partial charge is 0.236 e. The molecule has 4 aromatic rings. The molecular weight excluding hydrogens is 510 g/mol. The largest absolute Gasteiger partial charge is 0.493 e. The highest BCUT2D eigenvalue weighted by atomic mass is 79.9. The van der Waals surface area contributed by atoms with Gasteiger partial charge >= 0.3 is 0 Å². The van der Waals surface area contributed by atoms with Crippen LogP contribution < -0.4 is 10.1 Å². The molecule has 0 spiro atoms. The van der Waals surface area contributed by atoms with Gasteiger partial charge in [0.25, 0.3) is 0 Å². The summed E-state index contributed by atoms with van der Waals surface area (Å²) in [5, 5.41) is 14.5. The van der Waals surface area contributed by atoms with Crippen molar-refractivity contribution in [3.8, 4) is 28.4 Å². The number of carbonyl (C=O) groups is 1. The minimum absolute atomic E-state index is 0.147. The van der Waals surface area contributed by atoms with Crippen LogP contribution >= 0.6 is 39.0 Å². The van der Waals surface area contributed by atoms with E-state index in [1.807, 2.05) is 72.4 Å². The van der Waals surface area contributed by atoms with Crippen molar-refractivity contribution in [1.29, 1.82) is 0 Å². The molecule has 0 aliphatic rings. The molecule has 1 amide bonds. The van der Waals surface area contributed by atoms with Crippen LogP contribution in [-0.2, 0) is 11.8 Å². The fourth-order valence-corrected chi connectivity index (χ4v) is 4.69. The molecule has 32 heavy (non-hydrogen) atoms. The summed E-state index contributed by atoms with van der Waals surface area (Å²) in [7, 11) is 1.88. The summed E-state index contributed by atoms with van der Waals surface area (Å²) in [5.74, 6) is 1.50. The number of halogens is 1. The van der Waals surface area contributed by atoms with Crippen LogP contribution in [0.15, 0.2) is 63.5 Å². The van der Waals surface area contributed by atoms with Gasteiger partial charge in [-0.3, -0.25) is 4.79 Å². The molecule has 7 nitrogen and oxygen atoms in total. The zero-order chi connectivity index (χ0) is 22.5. The van der Waals surface area contributed by atoms with Gasteiger partial charge in [-0.15, -0.1) is 21.5 Å². The number of ether oxygens (including phenoxy) is 1. The Morgan fingerprint density at radius 2 is 1.97 bits per heavy atom. The van der Waals surface area contributed by atoms with Crippen LogP contribution in [-0.4, -0.2) is 38.0 Å². The first-order valence-electron chi connectivity index (χ1n) is 9.81. The molecule has 0 saturated carbocycles. The third-order valence-corrected chi connectivity index (χ3v) is 6.79. The van der Waals surface area contributed by atoms with E-state index in [-0.39, 0.29) is 11.7 Å². The number of amides is 1. The molecule has 2 aromatic carbocycles. The maximum atomic E-state index is 12.5. The topological polar surface area (TPSA) is 81.9 Å². The van der Waals surface area contributed by atoms with Crippen molar-refractivity contribution in [2.45, 2.75) is 12.1 Å². The van der Waals surface area contributed by atoms with Crippen molar-refractivity contribution >= 4 is 50.1 Å². The summed E-state index contributed by atoms with van der Waals surface area (Å²) in [6, 6.07) is 15.6. The lowest BCUT2D eigenvalue weighted by molar-refractivity contribution is -0.113. The highest BCUT2D eigenvalue weighted by Crippen LogP contribution is 2.30. The molecule has 164 valence electrons. The van der Waals surface area contributed by atoms with E-state index in [0.717, 1.165) is 27.0 Å². The summed E-state index contributed by atoms with van der Waals surface area (Å²) >= 11 is 6.15. The average Bonchev–Trinajstić information content (AvgIpc) is 3.40. The second-order valence-electron chi connectivity index (χ2n) is 6.68. The van der Waals surface area contributed by atoms with E-state index in [9.17, 15) is 4.79 Å². The highest BCUT2D eigenvalue weighted by Gasteiger charge is 2.16. The summed E-state index contributed by atoms with van der Waals surface area (Å²) in [6.07, 6.45) is 0. The molecule has 1 N–H and O–H groups in total. The number of thioether (sulfide) groups is 1. The van der Waals surface area contributed by atoms with Crippen molar-refractivity contribution in [3.05, 3.63) is 58.4 Å². The van der Waals surface area contributed by atoms with E-state index >= 15 is 0 Å². The van der Waals surface area contributed by atoms with Gasteiger partial charge in [0.05, 0.1) is 23.6 Å². The van der Waals surface area contributed by atoms with Gasteiger partial charge in [-0.1, -0.05) is 52.0 Å². The average molecular weight is 530 g/mol. The normalized spacial score (nSPS) is 10.8. The van der Waals surface area contributed by atoms with Crippen LogP contribution in [0.3, 0.4) is 0 Å². The number of nitrogens with zero attached hydrogens (tertiary/aromatic N) is 4. The summed E-state index contributed by atoms with van der Waals surface area (Å²) < 4.78 is 8.58. The lowest BCUT2D eigenvalue weighted by Gasteiger charge is -2.09. The molecular formula is C22H20BrN5O2S2. The Bertz CT molecular complexity index is 1220. The summed E-state index contributed by atoms with van der Waals surface area (Å²) in [5.41, 5.74) is 2.69. The number of nitrogens with one attached hydrogen (secondary N) is 1. The van der Waals surface area contributed by atoms with E-state index in [4.69, 9.17) is 4.74 Å². The quantitative estimate of drug-likeness (QED) is 0.303. The van der Waals surface area contributed by atoms with Gasteiger partial charge in [0.1, 0.15) is 5.75 Å². The molecule has 10 heteroatoms. The number of rotatable bonds is 8. The van der Waals surface area contributed by atoms with E-state index < -0.39 is 0 Å². The molecule has 0 fully saturated rings. The number of hydrogen-bond donors (Lipinski definition) is 1. The fourth-order valence-electron chi connectivity index (χ4n) is 2.98. The van der Waals surface area contributed by atoms with Gasteiger partial charge < -0.3 is 14.6 Å². The standard InChI is InChI=1S/C22H20BrN5O2S2/c1-3-30-18-7-5-4-6-16(18)20-26-27-22(28(20)2)32-13-19(29)25-21-24-17(12-31-21)14-8-10-15(23)11-9-14/h4-12H,3,13H2,1-2H3,(H,24,25,29). The second-order valence-corrected chi connectivity index (χ2v) is 9.39. The Balaban J connectivity index is 1.39. The van der Waals surface area contributed by atoms with Crippen LogP contribution in [0, 0.1) is 0 Å². The van der Waals surface area contributed by atoms with Crippen molar-refractivity contribution < 1.29 is 9.53 Å². The Labute approximate surface area is 202 Å². The van der Waals surface area contributed by atoms with Gasteiger partial charge in [-0.2, -0.15) is 0 Å². The number of benzene rings is 2. The predicted molar refractivity (Wildman–Crippen MR) is 132 cm³/mol. The maximum Gasteiger partial charge on any atom is 0.236 e. The zero-order valence-corrected chi connectivity index (χ0v) is 20.6. The first-order valence-corrected chi connectivity index (χ1v) is 12.5. The van der Waals surface area contributed by atoms with Crippen LogP contribution in [0.5, 0.6) is 5.75 Å². The number of hydrogen-bond acceptors (Lipinski definition) is 7. The summed E-state index contributed by atoms with van der Waals surface area (Å²) in [4.78, 5) is 17.0. The third kappa shape index (κ3) is 5.20. The Morgan fingerprint density at radius 3 is 2.75 bits per heavy atom. The van der Waals surface area contributed by atoms with Gasteiger partial charge in [-0.25, -0.2) is 4.98 Å². The van der Waals surface area contributed by atoms with E-state index in [0.29, 0.717) is 22.7 Å². The van der Waals surface area contributed by atoms with Crippen molar-refractivity contribution in [2.75, 3.05) is 17.7 Å². The van der Waals surface area contributed by atoms with Crippen molar-refractivity contribution in [1.82, 2.24) is 19.7 Å². The van der Waals surface area contributed by atoms with Gasteiger partial charge in [0.15, 0.2) is 16.1 Å². The molecule has 0 bridgehead atoms. The molecule has 4 rings (SSSR count). The SMILES string of the molecule is CCOc1ccccc1-c1nnc(SCC(=O)Nc2nc(-c3ccc(Br)cc3)cs2)n1C. The lowest BCUT2D eigenvalue weighted by Crippen LogP contribution is -2.14. The number of carbonyl (C=O) groups excluding carboxylic acids is 1. The second kappa shape index (κ2) is 10.3. The first kappa shape index (κ1) is 22.5. The van der Waals surface area contributed by atoms with E-state index in [1.165, 1.54) is 23.1 Å². The molecule has 2 aromatic heterocycles. The predicted octanol–water partition coefficient (Wildman–Crippen LogP) is 5.50. The molecule has 0 radical (unpaired) electrons. The lowest BCUT2D eigenvalue weighted by atomic mass is 10.2. The molecule has 0 saturated heterocycles. The molecule has 2 heterocycles. The number of aromatic nitrogens is 4. The van der Waals surface area contributed by atoms with E-state index in [1.54, 1.807) is 0 Å². The van der Waals surface area contributed by atoms with Crippen molar-refractivity contribution in [3.63, 3.8) is 0 Å².